The number of fused-ring (bicyclic) bond motifs is 3. The van der Waals surface area contributed by atoms with Crippen LogP contribution < -0.4 is 4.90 Å². The van der Waals surface area contributed by atoms with Gasteiger partial charge in [-0.25, -0.2) is 9.97 Å². The van der Waals surface area contributed by atoms with Crippen molar-refractivity contribution in [3.05, 3.63) is 119 Å². The normalized spacial score (nSPS) is 18.8. The average Bonchev–Trinajstić information content (AvgIpc) is 3.18. The van der Waals surface area contributed by atoms with E-state index in [1.54, 1.807) is 0 Å². The van der Waals surface area contributed by atoms with Gasteiger partial charge in [-0.05, 0) is 23.8 Å². The van der Waals surface area contributed by atoms with Crippen molar-refractivity contribution in [3.8, 4) is 22.5 Å². The molecule has 0 radical (unpaired) electrons. The largest absolute Gasteiger partial charge is 0.302 e. The first-order valence-corrected chi connectivity index (χ1v) is 11.5. The van der Waals surface area contributed by atoms with Crippen LogP contribution in [0.5, 0.6) is 0 Å². The van der Waals surface area contributed by atoms with Crippen molar-refractivity contribution in [2.75, 3.05) is 4.90 Å². The Hall–Kier alpha value is -3.50. The molecule has 6 rings (SSSR count). The van der Waals surface area contributed by atoms with Gasteiger partial charge in [0.1, 0.15) is 0 Å². The summed E-state index contributed by atoms with van der Waals surface area (Å²) in [6, 6.07) is 31.4. The topological polar surface area (TPSA) is 29.0 Å². The molecule has 0 spiro atoms. The summed E-state index contributed by atoms with van der Waals surface area (Å²) in [6.07, 6.45) is 6.66. The van der Waals surface area contributed by atoms with E-state index in [0.717, 1.165) is 38.6 Å². The van der Waals surface area contributed by atoms with E-state index in [4.69, 9.17) is 9.97 Å². The highest BCUT2D eigenvalue weighted by Crippen LogP contribution is 2.48. The summed E-state index contributed by atoms with van der Waals surface area (Å²) in [5, 5.41) is 0. The molecule has 1 aliphatic carbocycles. The van der Waals surface area contributed by atoms with Crippen molar-refractivity contribution in [2.24, 2.45) is 0 Å². The predicted octanol–water partition coefficient (Wildman–Crippen LogP) is 7.26. The van der Waals surface area contributed by atoms with Crippen LogP contribution in [0.1, 0.15) is 11.5 Å². The number of allylic oxidation sites excluding steroid dienone is 2. The SMILES string of the molecule is BrC1=CC2C(C=C1)c1ccccc1N2c1nc(-c2ccccc2)cc(-c2ccccc2)n1. The molecule has 2 unspecified atom stereocenters. The van der Waals surface area contributed by atoms with Crippen molar-refractivity contribution >= 4 is 27.6 Å². The summed E-state index contributed by atoms with van der Waals surface area (Å²) in [5.74, 6) is 0.994. The number of aromatic nitrogens is 2. The van der Waals surface area contributed by atoms with Gasteiger partial charge >= 0.3 is 0 Å². The Bertz CT molecular complexity index is 1290. The van der Waals surface area contributed by atoms with Crippen LogP contribution in [0.3, 0.4) is 0 Å². The second kappa shape index (κ2) is 7.88. The van der Waals surface area contributed by atoms with Gasteiger partial charge in [-0.1, -0.05) is 107 Å². The van der Waals surface area contributed by atoms with Crippen LogP contribution in [0.15, 0.2) is 114 Å². The highest BCUT2D eigenvalue weighted by Gasteiger charge is 2.39. The summed E-state index contributed by atoms with van der Waals surface area (Å²) in [7, 11) is 0. The highest BCUT2D eigenvalue weighted by molar-refractivity contribution is 9.11. The molecule has 0 fully saturated rings. The smallest absolute Gasteiger partial charge is 0.231 e. The Balaban J connectivity index is 1.57. The summed E-state index contributed by atoms with van der Waals surface area (Å²) >= 11 is 3.68. The minimum atomic E-state index is 0.126. The fourth-order valence-corrected chi connectivity index (χ4v) is 5.02. The first-order valence-electron chi connectivity index (χ1n) is 10.7. The fraction of sp³-hybridized carbons (Fsp3) is 0.0714. The monoisotopic (exact) mass is 477 g/mol. The third kappa shape index (κ3) is 3.28. The number of benzene rings is 3. The maximum Gasteiger partial charge on any atom is 0.231 e. The molecule has 4 aromatic rings. The molecule has 3 aromatic carbocycles. The fourth-order valence-electron chi connectivity index (χ4n) is 4.60. The van der Waals surface area contributed by atoms with E-state index in [1.807, 2.05) is 36.4 Å². The zero-order valence-corrected chi connectivity index (χ0v) is 18.9. The molecule has 2 atom stereocenters. The van der Waals surface area contributed by atoms with Crippen LogP contribution >= 0.6 is 15.9 Å². The van der Waals surface area contributed by atoms with Gasteiger partial charge in [-0.2, -0.15) is 0 Å². The molecule has 0 amide bonds. The van der Waals surface area contributed by atoms with E-state index in [-0.39, 0.29) is 12.0 Å². The van der Waals surface area contributed by atoms with Crippen molar-refractivity contribution in [1.29, 1.82) is 0 Å². The first-order chi connectivity index (χ1) is 15.8. The van der Waals surface area contributed by atoms with Crippen LogP contribution in [0.2, 0.25) is 0 Å². The van der Waals surface area contributed by atoms with Gasteiger partial charge in [0, 0.05) is 27.2 Å². The Morgan fingerprint density at radius 2 is 1.31 bits per heavy atom. The standard InChI is InChI=1S/C28H20BrN3/c29-21-15-16-23-22-13-7-8-14-26(22)32(27(23)17-21)28-30-24(19-9-3-1-4-10-19)18-25(31-28)20-11-5-2-6-12-20/h1-18,23,27H. The number of rotatable bonds is 3. The lowest BCUT2D eigenvalue weighted by atomic mass is 9.91. The third-order valence-electron chi connectivity index (χ3n) is 6.08. The lowest BCUT2D eigenvalue weighted by Crippen LogP contribution is -2.30. The van der Waals surface area contributed by atoms with Crippen molar-refractivity contribution < 1.29 is 0 Å². The molecule has 1 aromatic heterocycles. The maximum atomic E-state index is 5.07. The summed E-state index contributed by atoms with van der Waals surface area (Å²) < 4.78 is 1.08. The molecule has 2 heterocycles. The molecule has 0 N–H and O–H groups in total. The van der Waals surface area contributed by atoms with Crippen molar-refractivity contribution in [2.45, 2.75) is 12.0 Å². The molecule has 0 saturated carbocycles. The molecule has 2 aliphatic rings. The Morgan fingerprint density at radius 3 is 1.97 bits per heavy atom. The Morgan fingerprint density at radius 1 is 0.719 bits per heavy atom. The van der Waals surface area contributed by atoms with E-state index in [2.05, 4.69) is 93.7 Å². The molecular weight excluding hydrogens is 458 g/mol. The van der Waals surface area contributed by atoms with Crippen LogP contribution in [-0.4, -0.2) is 16.0 Å². The zero-order valence-electron chi connectivity index (χ0n) is 17.3. The minimum absolute atomic E-state index is 0.126. The number of halogens is 1. The third-order valence-corrected chi connectivity index (χ3v) is 6.61. The summed E-state index contributed by atoms with van der Waals surface area (Å²) in [4.78, 5) is 12.4. The second-order valence-corrected chi connectivity index (χ2v) is 8.94. The number of hydrogen-bond donors (Lipinski definition) is 0. The molecule has 1 aliphatic heterocycles. The second-order valence-electron chi connectivity index (χ2n) is 8.03. The number of nitrogens with zero attached hydrogens (tertiary/aromatic N) is 3. The van der Waals surface area contributed by atoms with Gasteiger partial charge < -0.3 is 4.90 Å². The summed E-state index contributed by atoms with van der Waals surface area (Å²) in [5.41, 5.74) is 6.47. The minimum Gasteiger partial charge on any atom is -0.302 e. The Kier molecular flexibility index (Phi) is 4.73. The van der Waals surface area contributed by atoms with Crippen LogP contribution in [0.4, 0.5) is 11.6 Å². The Labute approximate surface area is 195 Å². The number of anilines is 2. The van der Waals surface area contributed by atoms with Gasteiger partial charge in [0.05, 0.1) is 17.4 Å². The molecule has 0 bridgehead atoms. The van der Waals surface area contributed by atoms with E-state index in [0.29, 0.717) is 0 Å². The molecule has 4 heteroatoms. The molecular formula is C28H20BrN3. The molecule has 3 nitrogen and oxygen atoms in total. The van der Waals surface area contributed by atoms with E-state index in [9.17, 15) is 0 Å². The predicted molar refractivity (Wildman–Crippen MR) is 134 cm³/mol. The molecule has 154 valence electrons. The van der Waals surface area contributed by atoms with Gasteiger partial charge in [-0.15, -0.1) is 0 Å². The van der Waals surface area contributed by atoms with Gasteiger partial charge in [-0.3, -0.25) is 0 Å². The van der Waals surface area contributed by atoms with E-state index >= 15 is 0 Å². The average molecular weight is 478 g/mol. The van der Waals surface area contributed by atoms with Crippen molar-refractivity contribution in [3.63, 3.8) is 0 Å². The van der Waals surface area contributed by atoms with Crippen LogP contribution in [-0.2, 0) is 0 Å². The maximum absolute atomic E-state index is 5.07. The van der Waals surface area contributed by atoms with E-state index in [1.165, 1.54) is 5.56 Å². The van der Waals surface area contributed by atoms with Crippen LogP contribution in [0, 0.1) is 0 Å². The van der Waals surface area contributed by atoms with Gasteiger partial charge in [0.25, 0.3) is 0 Å². The lowest BCUT2D eigenvalue weighted by Gasteiger charge is -2.28. The molecule has 0 saturated heterocycles. The molecule has 32 heavy (non-hydrogen) atoms. The van der Waals surface area contributed by atoms with Crippen molar-refractivity contribution in [1.82, 2.24) is 9.97 Å². The quantitative estimate of drug-likeness (QED) is 0.310. The first kappa shape index (κ1) is 19.2. The van der Waals surface area contributed by atoms with E-state index < -0.39 is 0 Å². The summed E-state index contributed by atoms with van der Waals surface area (Å²) in [6.45, 7) is 0. The van der Waals surface area contributed by atoms with Crippen LogP contribution in [0.25, 0.3) is 22.5 Å². The number of hydrogen-bond acceptors (Lipinski definition) is 3. The van der Waals surface area contributed by atoms with Gasteiger partial charge in [0.15, 0.2) is 0 Å². The number of para-hydroxylation sites is 1. The lowest BCUT2D eigenvalue weighted by molar-refractivity contribution is 0.729. The highest BCUT2D eigenvalue weighted by atomic mass is 79.9. The zero-order chi connectivity index (χ0) is 21.5. The van der Waals surface area contributed by atoms with Gasteiger partial charge in [0.2, 0.25) is 5.95 Å².